The molecule has 0 saturated carbocycles. The molecular formula is C10H18O. The van der Waals surface area contributed by atoms with E-state index in [0.29, 0.717) is 0 Å². The van der Waals surface area contributed by atoms with Gasteiger partial charge < -0.3 is 5.11 Å². The van der Waals surface area contributed by atoms with Crippen LogP contribution >= 0.6 is 0 Å². The second-order valence-electron chi connectivity index (χ2n) is 4.07. The fraction of sp³-hybridized carbons (Fsp3) is 0.800. The summed E-state index contributed by atoms with van der Waals surface area (Å²) < 4.78 is 0. The summed E-state index contributed by atoms with van der Waals surface area (Å²) >= 11 is 0. The summed E-state index contributed by atoms with van der Waals surface area (Å²) in [6.45, 7) is 3.75. The van der Waals surface area contributed by atoms with E-state index in [2.05, 4.69) is 6.08 Å². The number of hydrogen-bond donors (Lipinski definition) is 1. The van der Waals surface area contributed by atoms with Gasteiger partial charge in [-0.15, -0.1) is 0 Å². The average Bonchev–Trinajstić information content (AvgIpc) is 2.32. The van der Waals surface area contributed by atoms with Gasteiger partial charge in [-0.3, -0.25) is 0 Å². The molecule has 0 bridgehead atoms. The van der Waals surface area contributed by atoms with E-state index < -0.39 is 5.60 Å². The Morgan fingerprint density at radius 1 is 1.55 bits per heavy atom. The third-order valence-corrected chi connectivity index (χ3v) is 2.19. The predicted octanol–water partition coefficient (Wildman–Crippen LogP) is 2.65. The first-order chi connectivity index (χ1) is 5.08. The Hall–Kier alpha value is -0.300. The number of hydrogen-bond acceptors (Lipinski definition) is 1. The highest BCUT2D eigenvalue weighted by atomic mass is 16.3. The summed E-state index contributed by atoms with van der Waals surface area (Å²) in [6, 6.07) is 0. The summed E-state index contributed by atoms with van der Waals surface area (Å²) in [5.74, 6) is 0. The molecule has 0 aromatic carbocycles. The predicted molar refractivity (Wildman–Crippen MR) is 47.5 cm³/mol. The molecular weight excluding hydrogens is 136 g/mol. The van der Waals surface area contributed by atoms with Crippen LogP contribution in [-0.2, 0) is 0 Å². The summed E-state index contributed by atoms with van der Waals surface area (Å²) in [6.07, 6.45) is 8.15. The fourth-order valence-corrected chi connectivity index (χ4v) is 1.43. The molecule has 0 fully saturated rings. The molecule has 0 saturated heterocycles. The van der Waals surface area contributed by atoms with Gasteiger partial charge in [0.2, 0.25) is 0 Å². The van der Waals surface area contributed by atoms with Gasteiger partial charge in [-0.1, -0.05) is 11.6 Å². The zero-order chi connectivity index (χ0) is 8.32. The zero-order valence-electron chi connectivity index (χ0n) is 7.56. The summed E-state index contributed by atoms with van der Waals surface area (Å²) in [5.41, 5.74) is 1.07. The van der Waals surface area contributed by atoms with Crippen molar-refractivity contribution in [3.05, 3.63) is 11.6 Å². The third-order valence-electron chi connectivity index (χ3n) is 2.19. The van der Waals surface area contributed by atoms with Gasteiger partial charge in [0.15, 0.2) is 0 Å². The first kappa shape index (κ1) is 8.79. The minimum absolute atomic E-state index is 0.483. The summed E-state index contributed by atoms with van der Waals surface area (Å²) in [5, 5.41) is 9.45. The van der Waals surface area contributed by atoms with Crippen LogP contribution in [0.4, 0.5) is 0 Å². The van der Waals surface area contributed by atoms with E-state index >= 15 is 0 Å². The van der Waals surface area contributed by atoms with Gasteiger partial charge in [-0.2, -0.15) is 0 Å². The van der Waals surface area contributed by atoms with Crippen molar-refractivity contribution in [2.75, 3.05) is 0 Å². The Balaban J connectivity index is 2.22. The van der Waals surface area contributed by atoms with Crippen molar-refractivity contribution in [2.24, 2.45) is 0 Å². The smallest absolute Gasteiger partial charge is 0.0594 e. The van der Waals surface area contributed by atoms with Crippen LogP contribution in [0.15, 0.2) is 11.6 Å². The maximum atomic E-state index is 9.45. The number of rotatable bonds is 3. The molecule has 0 aliphatic heterocycles. The van der Waals surface area contributed by atoms with Gasteiger partial charge in [-0.25, -0.2) is 0 Å². The number of aliphatic hydroxyl groups is 1. The third kappa shape index (κ3) is 3.57. The van der Waals surface area contributed by atoms with Gasteiger partial charge >= 0.3 is 0 Å². The maximum Gasteiger partial charge on any atom is 0.0594 e. The van der Waals surface area contributed by atoms with Crippen LogP contribution in [0.1, 0.15) is 46.0 Å². The van der Waals surface area contributed by atoms with Crippen molar-refractivity contribution in [2.45, 2.75) is 51.6 Å². The lowest BCUT2D eigenvalue weighted by Crippen LogP contribution is -2.17. The molecule has 0 unspecified atom stereocenters. The Kier molecular flexibility index (Phi) is 2.72. The Labute approximate surface area is 69.1 Å². The Morgan fingerprint density at radius 2 is 2.27 bits per heavy atom. The van der Waals surface area contributed by atoms with Crippen LogP contribution in [0.2, 0.25) is 0 Å². The van der Waals surface area contributed by atoms with Gasteiger partial charge in [0.05, 0.1) is 5.60 Å². The monoisotopic (exact) mass is 154 g/mol. The summed E-state index contributed by atoms with van der Waals surface area (Å²) in [7, 11) is 0. The standard InChI is InChI=1S/C10H18O/c1-10(2,11)8-7-9-5-3-4-6-9/h5,11H,3-4,6-8H2,1-2H3. The normalized spacial score (nSPS) is 18.6. The van der Waals surface area contributed by atoms with E-state index in [4.69, 9.17) is 0 Å². The maximum absolute atomic E-state index is 9.45. The zero-order valence-corrected chi connectivity index (χ0v) is 7.56. The molecule has 0 spiro atoms. The first-order valence-electron chi connectivity index (χ1n) is 4.48. The van der Waals surface area contributed by atoms with Gasteiger partial charge in [0, 0.05) is 0 Å². The van der Waals surface area contributed by atoms with Crippen molar-refractivity contribution in [1.29, 1.82) is 0 Å². The van der Waals surface area contributed by atoms with Crippen molar-refractivity contribution in [1.82, 2.24) is 0 Å². The molecule has 0 atom stereocenters. The molecule has 1 rings (SSSR count). The Morgan fingerprint density at radius 3 is 2.73 bits per heavy atom. The van der Waals surface area contributed by atoms with Gasteiger partial charge in [-0.05, 0) is 46.0 Å². The SMILES string of the molecule is CC(C)(O)CCC1=CCCC1. The van der Waals surface area contributed by atoms with E-state index in [9.17, 15) is 5.11 Å². The molecule has 1 heteroatoms. The van der Waals surface area contributed by atoms with Crippen molar-refractivity contribution < 1.29 is 5.11 Å². The molecule has 1 aliphatic rings. The fourth-order valence-electron chi connectivity index (χ4n) is 1.43. The van der Waals surface area contributed by atoms with E-state index in [-0.39, 0.29) is 0 Å². The summed E-state index contributed by atoms with van der Waals surface area (Å²) in [4.78, 5) is 0. The molecule has 1 N–H and O–H groups in total. The molecule has 11 heavy (non-hydrogen) atoms. The first-order valence-corrected chi connectivity index (χ1v) is 4.48. The van der Waals surface area contributed by atoms with Crippen molar-refractivity contribution >= 4 is 0 Å². The van der Waals surface area contributed by atoms with Crippen LogP contribution in [0.25, 0.3) is 0 Å². The van der Waals surface area contributed by atoms with Gasteiger partial charge in [0.25, 0.3) is 0 Å². The topological polar surface area (TPSA) is 20.2 Å². The van der Waals surface area contributed by atoms with Crippen molar-refractivity contribution in [3.8, 4) is 0 Å². The average molecular weight is 154 g/mol. The molecule has 1 nitrogen and oxygen atoms in total. The highest BCUT2D eigenvalue weighted by molar-refractivity contribution is 5.07. The molecule has 0 radical (unpaired) electrons. The molecule has 64 valence electrons. The second kappa shape index (κ2) is 3.40. The van der Waals surface area contributed by atoms with E-state index in [1.165, 1.54) is 19.3 Å². The molecule has 0 heterocycles. The van der Waals surface area contributed by atoms with Gasteiger partial charge in [0.1, 0.15) is 0 Å². The molecule has 1 aliphatic carbocycles. The van der Waals surface area contributed by atoms with Crippen LogP contribution in [0.5, 0.6) is 0 Å². The van der Waals surface area contributed by atoms with E-state index in [0.717, 1.165) is 12.8 Å². The largest absolute Gasteiger partial charge is 0.390 e. The quantitative estimate of drug-likeness (QED) is 0.619. The van der Waals surface area contributed by atoms with Crippen LogP contribution < -0.4 is 0 Å². The molecule has 0 aromatic rings. The minimum Gasteiger partial charge on any atom is -0.390 e. The number of allylic oxidation sites excluding steroid dienone is 2. The van der Waals surface area contributed by atoms with Crippen LogP contribution in [0.3, 0.4) is 0 Å². The lowest BCUT2D eigenvalue weighted by atomic mass is 9.99. The molecule has 0 aromatic heterocycles. The lowest BCUT2D eigenvalue weighted by molar-refractivity contribution is 0.0712. The second-order valence-corrected chi connectivity index (χ2v) is 4.07. The van der Waals surface area contributed by atoms with E-state index in [1.807, 2.05) is 13.8 Å². The Bertz CT molecular complexity index is 151. The highest BCUT2D eigenvalue weighted by Crippen LogP contribution is 2.24. The van der Waals surface area contributed by atoms with E-state index in [1.54, 1.807) is 5.57 Å². The van der Waals surface area contributed by atoms with Crippen LogP contribution in [0, 0.1) is 0 Å². The van der Waals surface area contributed by atoms with Crippen LogP contribution in [-0.4, -0.2) is 10.7 Å². The highest BCUT2D eigenvalue weighted by Gasteiger charge is 2.13. The van der Waals surface area contributed by atoms with Crippen molar-refractivity contribution in [3.63, 3.8) is 0 Å². The lowest BCUT2D eigenvalue weighted by Gasteiger charge is -2.16. The molecule has 0 amide bonds. The minimum atomic E-state index is -0.483.